The van der Waals surface area contributed by atoms with E-state index in [2.05, 4.69) is 23.8 Å². The first-order chi connectivity index (χ1) is 6.61. The van der Waals surface area contributed by atoms with Crippen molar-refractivity contribution in [1.82, 2.24) is 9.97 Å². The zero-order valence-electron chi connectivity index (χ0n) is 8.33. The molecule has 0 amide bonds. The fraction of sp³-hybridized carbons (Fsp3) is 0.556. The number of aromatic nitrogens is 2. The third kappa shape index (κ3) is 3.03. The minimum atomic E-state index is 0.251. The fourth-order valence-electron chi connectivity index (χ4n) is 0.858. The van der Waals surface area contributed by atoms with Crippen molar-refractivity contribution in [2.75, 3.05) is 12.3 Å². The van der Waals surface area contributed by atoms with Crippen LogP contribution < -0.4 is 10.5 Å². The van der Waals surface area contributed by atoms with Gasteiger partial charge >= 0.3 is 0 Å². The lowest BCUT2D eigenvalue weighted by molar-refractivity contribution is 0.279. The maximum Gasteiger partial charge on any atom is 0.237 e. The van der Waals surface area contributed by atoms with Crippen LogP contribution in [0.15, 0.2) is 6.33 Å². The van der Waals surface area contributed by atoms with Crippen LogP contribution in [0, 0.1) is 5.92 Å². The largest absolute Gasteiger partial charge is 0.476 e. The van der Waals surface area contributed by atoms with Crippen molar-refractivity contribution in [2.45, 2.75) is 20.3 Å². The first kappa shape index (κ1) is 11.0. The first-order valence-electron chi connectivity index (χ1n) is 4.50. The molecule has 5 heteroatoms. The number of halogens is 1. The van der Waals surface area contributed by atoms with E-state index in [0.717, 1.165) is 6.42 Å². The Morgan fingerprint density at radius 1 is 1.50 bits per heavy atom. The Hall–Kier alpha value is -1.03. The van der Waals surface area contributed by atoms with E-state index in [0.29, 0.717) is 18.4 Å². The SMILES string of the molecule is CC(C)CCOc1ncnc(N)c1Cl. The summed E-state index contributed by atoms with van der Waals surface area (Å²) in [6.45, 7) is 4.84. The average molecular weight is 216 g/mol. The summed E-state index contributed by atoms with van der Waals surface area (Å²) in [5.74, 6) is 1.20. The van der Waals surface area contributed by atoms with E-state index in [9.17, 15) is 0 Å². The van der Waals surface area contributed by atoms with Crippen molar-refractivity contribution in [1.29, 1.82) is 0 Å². The van der Waals surface area contributed by atoms with Gasteiger partial charge in [0.2, 0.25) is 5.88 Å². The third-order valence-electron chi connectivity index (χ3n) is 1.72. The second kappa shape index (κ2) is 5.00. The molecule has 0 atom stereocenters. The molecule has 14 heavy (non-hydrogen) atoms. The van der Waals surface area contributed by atoms with Crippen molar-refractivity contribution in [3.8, 4) is 5.88 Å². The summed E-state index contributed by atoms with van der Waals surface area (Å²) in [7, 11) is 0. The van der Waals surface area contributed by atoms with E-state index in [1.54, 1.807) is 0 Å². The summed E-state index contributed by atoms with van der Waals surface area (Å²) < 4.78 is 5.37. The van der Waals surface area contributed by atoms with Gasteiger partial charge in [-0.1, -0.05) is 25.4 Å². The average Bonchev–Trinajstić information content (AvgIpc) is 2.12. The van der Waals surface area contributed by atoms with Crippen LogP contribution in [0.4, 0.5) is 5.82 Å². The monoisotopic (exact) mass is 215 g/mol. The Morgan fingerprint density at radius 3 is 2.86 bits per heavy atom. The molecule has 1 heterocycles. The second-order valence-corrected chi connectivity index (χ2v) is 3.79. The van der Waals surface area contributed by atoms with E-state index in [-0.39, 0.29) is 10.8 Å². The highest BCUT2D eigenvalue weighted by Gasteiger charge is 2.07. The van der Waals surface area contributed by atoms with Crippen molar-refractivity contribution < 1.29 is 4.74 Å². The first-order valence-corrected chi connectivity index (χ1v) is 4.87. The molecule has 0 bridgehead atoms. The number of hydrogen-bond acceptors (Lipinski definition) is 4. The highest BCUT2D eigenvalue weighted by molar-refractivity contribution is 6.33. The number of nitrogens with zero attached hydrogens (tertiary/aromatic N) is 2. The Bertz CT molecular complexity index is 304. The Kier molecular flexibility index (Phi) is 3.95. The molecule has 1 rings (SSSR count). The van der Waals surface area contributed by atoms with Crippen LogP contribution in [0.25, 0.3) is 0 Å². The van der Waals surface area contributed by atoms with Crippen LogP contribution in [-0.2, 0) is 0 Å². The number of nitrogens with two attached hydrogens (primary N) is 1. The normalized spacial score (nSPS) is 10.6. The zero-order valence-corrected chi connectivity index (χ0v) is 9.08. The third-order valence-corrected chi connectivity index (χ3v) is 2.07. The molecule has 0 saturated carbocycles. The lowest BCUT2D eigenvalue weighted by Crippen LogP contribution is -2.04. The van der Waals surface area contributed by atoms with Crippen LogP contribution in [-0.4, -0.2) is 16.6 Å². The quantitative estimate of drug-likeness (QED) is 0.836. The lowest BCUT2D eigenvalue weighted by atomic mass is 10.1. The van der Waals surface area contributed by atoms with Gasteiger partial charge < -0.3 is 10.5 Å². The summed E-state index contributed by atoms with van der Waals surface area (Å²) >= 11 is 5.83. The van der Waals surface area contributed by atoms with Gasteiger partial charge in [0.25, 0.3) is 0 Å². The fourth-order valence-corrected chi connectivity index (χ4v) is 1.01. The minimum Gasteiger partial charge on any atom is -0.476 e. The standard InChI is InChI=1S/C9H14ClN3O/c1-6(2)3-4-14-9-7(10)8(11)12-5-13-9/h5-6H,3-4H2,1-2H3,(H2,11,12,13). The number of ether oxygens (including phenoxy) is 1. The van der Waals surface area contributed by atoms with E-state index in [4.69, 9.17) is 22.1 Å². The van der Waals surface area contributed by atoms with Gasteiger partial charge in [-0.05, 0) is 12.3 Å². The highest BCUT2D eigenvalue weighted by atomic mass is 35.5. The second-order valence-electron chi connectivity index (χ2n) is 3.41. The lowest BCUT2D eigenvalue weighted by Gasteiger charge is -2.08. The molecule has 0 spiro atoms. The number of hydrogen-bond donors (Lipinski definition) is 1. The summed E-state index contributed by atoms with van der Waals surface area (Å²) in [6.07, 6.45) is 2.30. The molecule has 0 saturated heterocycles. The molecule has 2 N–H and O–H groups in total. The molecule has 4 nitrogen and oxygen atoms in total. The summed E-state index contributed by atoms with van der Waals surface area (Å²) in [6, 6.07) is 0. The van der Waals surface area contributed by atoms with Gasteiger partial charge in [0.05, 0.1) is 6.61 Å². The van der Waals surface area contributed by atoms with Crippen LogP contribution in [0.2, 0.25) is 5.02 Å². The maximum absolute atomic E-state index is 5.83. The topological polar surface area (TPSA) is 61.0 Å². The molecular formula is C9H14ClN3O. The molecule has 0 radical (unpaired) electrons. The van der Waals surface area contributed by atoms with Crippen molar-refractivity contribution >= 4 is 17.4 Å². The molecule has 0 fully saturated rings. The molecule has 1 aromatic heterocycles. The van der Waals surface area contributed by atoms with E-state index < -0.39 is 0 Å². The molecule has 0 aliphatic heterocycles. The summed E-state index contributed by atoms with van der Waals surface area (Å²) in [5.41, 5.74) is 5.49. The van der Waals surface area contributed by atoms with Crippen molar-refractivity contribution in [3.05, 3.63) is 11.3 Å². The van der Waals surface area contributed by atoms with E-state index in [1.807, 2.05) is 0 Å². The van der Waals surface area contributed by atoms with Gasteiger partial charge in [-0.25, -0.2) is 9.97 Å². The molecule has 0 aromatic carbocycles. The molecule has 1 aromatic rings. The zero-order chi connectivity index (χ0) is 10.6. The van der Waals surface area contributed by atoms with Crippen molar-refractivity contribution in [3.63, 3.8) is 0 Å². The van der Waals surface area contributed by atoms with Crippen LogP contribution in [0.1, 0.15) is 20.3 Å². The van der Waals surface area contributed by atoms with E-state index in [1.165, 1.54) is 6.33 Å². The molecular weight excluding hydrogens is 202 g/mol. The van der Waals surface area contributed by atoms with Gasteiger partial charge in [-0.2, -0.15) is 0 Å². The predicted octanol–water partition coefficient (Wildman–Crippen LogP) is 2.14. The number of anilines is 1. The van der Waals surface area contributed by atoms with Gasteiger partial charge in [0.15, 0.2) is 0 Å². The van der Waals surface area contributed by atoms with Gasteiger partial charge in [0.1, 0.15) is 17.2 Å². The van der Waals surface area contributed by atoms with E-state index >= 15 is 0 Å². The summed E-state index contributed by atoms with van der Waals surface area (Å²) in [5, 5.41) is 0.288. The molecule has 0 aliphatic carbocycles. The molecule has 0 aliphatic rings. The van der Waals surface area contributed by atoms with Crippen LogP contribution in [0.5, 0.6) is 5.88 Å². The van der Waals surface area contributed by atoms with Crippen molar-refractivity contribution in [2.24, 2.45) is 5.92 Å². The molecule has 78 valence electrons. The highest BCUT2D eigenvalue weighted by Crippen LogP contribution is 2.25. The Balaban J connectivity index is 2.54. The van der Waals surface area contributed by atoms with Crippen LogP contribution >= 0.6 is 11.6 Å². The van der Waals surface area contributed by atoms with Gasteiger partial charge in [-0.3, -0.25) is 0 Å². The number of nitrogen functional groups attached to an aromatic ring is 1. The van der Waals surface area contributed by atoms with Gasteiger partial charge in [0, 0.05) is 0 Å². The number of rotatable bonds is 4. The summed E-state index contributed by atoms with van der Waals surface area (Å²) in [4.78, 5) is 7.63. The predicted molar refractivity (Wildman–Crippen MR) is 56.4 cm³/mol. The van der Waals surface area contributed by atoms with Crippen LogP contribution in [0.3, 0.4) is 0 Å². The Labute approximate surface area is 88.5 Å². The molecule has 0 unspecified atom stereocenters. The minimum absolute atomic E-state index is 0.251. The smallest absolute Gasteiger partial charge is 0.237 e. The van der Waals surface area contributed by atoms with Gasteiger partial charge in [-0.15, -0.1) is 0 Å². The Morgan fingerprint density at radius 2 is 2.21 bits per heavy atom. The maximum atomic E-state index is 5.83.